The molecule has 1 aromatic carbocycles. The van der Waals surface area contributed by atoms with E-state index in [0.29, 0.717) is 32.5 Å². The lowest BCUT2D eigenvalue weighted by Crippen LogP contribution is -2.40. The Bertz CT molecular complexity index is 547. The normalized spacial score (nSPS) is 15.6. The van der Waals surface area contributed by atoms with Gasteiger partial charge in [0.2, 0.25) is 5.91 Å². The number of carboxylic acids is 1. The summed E-state index contributed by atoms with van der Waals surface area (Å²) in [6, 6.07) is 6.13. The van der Waals surface area contributed by atoms with Crippen LogP contribution in [0.3, 0.4) is 0 Å². The van der Waals surface area contributed by atoms with Gasteiger partial charge in [-0.2, -0.15) is 0 Å². The number of anilines is 1. The zero-order chi connectivity index (χ0) is 16.8. The van der Waals surface area contributed by atoms with Crippen LogP contribution in [0.15, 0.2) is 18.2 Å². The van der Waals surface area contributed by atoms with Crippen molar-refractivity contribution in [2.75, 3.05) is 25.0 Å². The molecule has 1 aliphatic heterocycles. The number of rotatable bonds is 6. The van der Waals surface area contributed by atoms with Gasteiger partial charge >= 0.3 is 5.97 Å². The van der Waals surface area contributed by atoms with E-state index in [4.69, 9.17) is 5.11 Å². The number of aliphatic carboxylic acids is 1. The van der Waals surface area contributed by atoms with Crippen LogP contribution < -0.4 is 5.32 Å². The maximum atomic E-state index is 12.4. The molecule has 5 nitrogen and oxygen atoms in total. The van der Waals surface area contributed by atoms with Crippen LogP contribution in [0.2, 0.25) is 0 Å². The summed E-state index contributed by atoms with van der Waals surface area (Å²) >= 11 is 0. The smallest absolute Gasteiger partial charge is 0.306 e. The molecule has 0 spiro atoms. The van der Waals surface area contributed by atoms with E-state index < -0.39 is 5.97 Å². The van der Waals surface area contributed by atoms with Crippen LogP contribution in [0, 0.1) is 5.92 Å². The molecule has 2 N–H and O–H groups in total. The molecular weight excluding hydrogens is 328 g/mol. The van der Waals surface area contributed by atoms with E-state index in [0.717, 1.165) is 29.7 Å². The minimum Gasteiger partial charge on any atom is -0.481 e. The van der Waals surface area contributed by atoms with Crippen LogP contribution in [0.4, 0.5) is 5.69 Å². The number of benzene rings is 1. The van der Waals surface area contributed by atoms with Crippen molar-refractivity contribution in [3.63, 3.8) is 0 Å². The molecule has 0 saturated carbocycles. The molecule has 1 amide bonds. The van der Waals surface area contributed by atoms with E-state index in [2.05, 4.69) is 19.2 Å². The molecule has 0 aliphatic carbocycles. The molecule has 0 unspecified atom stereocenters. The highest BCUT2D eigenvalue weighted by Crippen LogP contribution is 2.23. The van der Waals surface area contributed by atoms with Crippen molar-refractivity contribution in [1.82, 2.24) is 4.90 Å². The number of nitrogens with one attached hydrogen (secondary N) is 1. The van der Waals surface area contributed by atoms with E-state index in [1.807, 2.05) is 23.1 Å². The van der Waals surface area contributed by atoms with Gasteiger partial charge in [-0.25, -0.2) is 0 Å². The maximum absolute atomic E-state index is 12.4. The lowest BCUT2D eigenvalue weighted by atomic mass is 9.97. The second-order valence-electron chi connectivity index (χ2n) is 6.10. The fourth-order valence-electron chi connectivity index (χ4n) is 3.12. The molecular formula is C18H27ClN2O3. The Hall–Kier alpha value is -1.59. The molecule has 0 aromatic heterocycles. The zero-order valence-corrected chi connectivity index (χ0v) is 15.2. The Kier molecular flexibility index (Phi) is 8.22. The average molecular weight is 355 g/mol. The van der Waals surface area contributed by atoms with Crippen LogP contribution in [-0.4, -0.2) is 41.5 Å². The lowest BCUT2D eigenvalue weighted by Gasteiger charge is -2.29. The Morgan fingerprint density at radius 1 is 1.17 bits per heavy atom. The number of carbonyl (C=O) groups is 2. The Labute approximate surface area is 149 Å². The van der Waals surface area contributed by atoms with Crippen LogP contribution in [0.1, 0.15) is 37.8 Å². The van der Waals surface area contributed by atoms with Gasteiger partial charge in [0.05, 0.1) is 12.5 Å². The van der Waals surface area contributed by atoms with Crippen LogP contribution >= 0.6 is 12.4 Å². The third-order valence-corrected chi connectivity index (χ3v) is 4.57. The predicted molar refractivity (Wildman–Crippen MR) is 97.9 cm³/mol. The molecule has 0 bridgehead atoms. The predicted octanol–water partition coefficient (Wildman–Crippen LogP) is 2.97. The van der Waals surface area contributed by atoms with Gasteiger partial charge < -0.3 is 10.4 Å². The number of piperidine rings is 1. The fourth-order valence-corrected chi connectivity index (χ4v) is 3.12. The standard InChI is InChI=1S/C18H26N2O3.ClH/c1-3-13-6-5-7-14(4-2)17(13)19-16(21)12-20-10-8-15(9-11-20)18(22)23;/h5-7,15H,3-4,8-12H2,1-2H3,(H,19,21)(H,22,23);1H. The summed E-state index contributed by atoms with van der Waals surface area (Å²) in [5.74, 6) is -1.00. The SMILES string of the molecule is CCc1cccc(CC)c1NC(=O)CN1CCC(C(=O)O)CC1.Cl. The number of nitrogens with zero attached hydrogens (tertiary/aromatic N) is 1. The summed E-state index contributed by atoms with van der Waals surface area (Å²) in [5, 5.41) is 12.1. The second kappa shape index (κ2) is 9.64. The van der Waals surface area contributed by atoms with Crippen molar-refractivity contribution in [2.24, 2.45) is 5.92 Å². The van der Waals surface area contributed by atoms with E-state index in [9.17, 15) is 9.59 Å². The van der Waals surface area contributed by atoms with Gasteiger partial charge in [0.15, 0.2) is 0 Å². The molecule has 134 valence electrons. The highest BCUT2D eigenvalue weighted by atomic mass is 35.5. The first-order valence-electron chi connectivity index (χ1n) is 8.40. The summed E-state index contributed by atoms with van der Waals surface area (Å²) in [4.78, 5) is 25.4. The Morgan fingerprint density at radius 3 is 2.17 bits per heavy atom. The number of carbonyl (C=O) groups excluding carboxylic acids is 1. The Balaban J connectivity index is 0.00000288. The summed E-state index contributed by atoms with van der Waals surface area (Å²) in [6.45, 7) is 5.83. The molecule has 0 atom stereocenters. The number of halogens is 1. The zero-order valence-electron chi connectivity index (χ0n) is 14.4. The van der Waals surface area contributed by atoms with Gasteiger partial charge in [0, 0.05) is 5.69 Å². The molecule has 1 fully saturated rings. The summed E-state index contributed by atoms with van der Waals surface area (Å²) in [6.07, 6.45) is 3.00. The van der Waals surface area contributed by atoms with E-state index in [1.165, 1.54) is 0 Å². The van der Waals surface area contributed by atoms with E-state index in [-0.39, 0.29) is 24.2 Å². The van der Waals surface area contributed by atoms with Crippen LogP contribution in [0.5, 0.6) is 0 Å². The number of hydrogen-bond donors (Lipinski definition) is 2. The molecule has 1 heterocycles. The van der Waals surface area contributed by atoms with Crippen LogP contribution in [-0.2, 0) is 22.4 Å². The number of carboxylic acid groups (broad SMARTS) is 1. The number of amides is 1. The van der Waals surface area contributed by atoms with Crippen molar-refractivity contribution in [1.29, 1.82) is 0 Å². The van der Waals surface area contributed by atoms with Gasteiger partial charge in [-0.3, -0.25) is 14.5 Å². The second-order valence-corrected chi connectivity index (χ2v) is 6.10. The highest BCUT2D eigenvalue weighted by Gasteiger charge is 2.25. The number of hydrogen-bond acceptors (Lipinski definition) is 3. The minimum absolute atomic E-state index is 0. The van der Waals surface area contributed by atoms with Crippen molar-refractivity contribution in [2.45, 2.75) is 39.5 Å². The van der Waals surface area contributed by atoms with Crippen molar-refractivity contribution in [3.8, 4) is 0 Å². The van der Waals surface area contributed by atoms with Crippen molar-refractivity contribution < 1.29 is 14.7 Å². The average Bonchev–Trinajstić information content (AvgIpc) is 2.55. The third kappa shape index (κ3) is 5.21. The van der Waals surface area contributed by atoms with Crippen molar-refractivity contribution >= 4 is 30.0 Å². The van der Waals surface area contributed by atoms with E-state index >= 15 is 0 Å². The summed E-state index contributed by atoms with van der Waals surface area (Å²) in [7, 11) is 0. The topological polar surface area (TPSA) is 69.6 Å². The molecule has 1 saturated heterocycles. The number of aryl methyl sites for hydroxylation is 2. The van der Waals surface area contributed by atoms with Gasteiger partial charge in [0.25, 0.3) is 0 Å². The summed E-state index contributed by atoms with van der Waals surface area (Å²) < 4.78 is 0. The van der Waals surface area contributed by atoms with Gasteiger partial charge in [-0.1, -0.05) is 32.0 Å². The highest BCUT2D eigenvalue weighted by molar-refractivity contribution is 5.93. The van der Waals surface area contributed by atoms with E-state index in [1.54, 1.807) is 0 Å². The molecule has 2 rings (SSSR count). The molecule has 6 heteroatoms. The molecule has 0 radical (unpaired) electrons. The van der Waals surface area contributed by atoms with Crippen LogP contribution in [0.25, 0.3) is 0 Å². The lowest BCUT2D eigenvalue weighted by molar-refractivity contribution is -0.143. The quantitative estimate of drug-likeness (QED) is 0.824. The van der Waals surface area contributed by atoms with Gasteiger partial charge in [0.1, 0.15) is 0 Å². The minimum atomic E-state index is -0.724. The van der Waals surface area contributed by atoms with Gasteiger partial charge in [-0.15, -0.1) is 12.4 Å². The first kappa shape index (κ1) is 20.5. The summed E-state index contributed by atoms with van der Waals surface area (Å²) in [5.41, 5.74) is 3.26. The van der Waals surface area contributed by atoms with Gasteiger partial charge in [-0.05, 0) is 49.9 Å². The monoisotopic (exact) mass is 354 g/mol. The Morgan fingerprint density at radius 2 is 1.71 bits per heavy atom. The largest absolute Gasteiger partial charge is 0.481 e. The number of para-hydroxylation sites is 1. The first-order valence-corrected chi connectivity index (χ1v) is 8.40. The third-order valence-electron chi connectivity index (χ3n) is 4.57. The molecule has 1 aromatic rings. The first-order chi connectivity index (χ1) is 11.0. The maximum Gasteiger partial charge on any atom is 0.306 e. The molecule has 1 aliphatic rings. The molecule has 24 heavy (non-hydrogen) atoms. The number of likely N-dealkylation sites (tertiary alicyclic amines) is 1. The fraction of sp³-hybridized carbons (Fsp3) is 0.556. The van der Waals surface area contributed by atoms with Crippen molar-refractivity contribution in [3.05, 3.63) is 29.3 Å².